The molecule has 172 valence electrons. The molecule has 2 aliphatic rings. The molecule has 2 aromatic carbocycles. The molecule has 0 saturated carbocycles. The van der Waals surface area contributed by atoms with Gasteiger partial charge in [0.25, 0.3) is 16.0 Å². The van der Waals surface area contributed by atoms with Crippen LogP contribution in [0.5, 0.6) is 0 Å². The van der Waals surface area contributed by atoms with E-state index < -0.39 is 53.0 Å². The summed E-state index contributed by atoms with van der Waals surface area (Å²) in [6.45, 7) is 0.132. The number of hydrogen-bond acceptors (Lipinski definition) is 8. The molecule has 2 aliphatic heterocycles. The van der Waals surface area contributed by atoms with Crippen molar-refractivity contribution in [2.45, 2.75) is 36.9 Å². The third-order valence-electron chi connectivity index (χ3n) is 5.26. The van der Waals surface area contributed by atoms with E-state index in [1.807, 2.05) is 30.3 Å². The summed E-state index contributed by atoms with van der Waals surface area (Å²) in [5, 5.41) is 2.80. The van der Waals surface area contributed by atoms with E-state index in [1.165, 1.54) is 7.11 Å². The van der Waals surface area contributed by atoms with Crippen molar-refractivity contribution >= 4 is 16.0 Å². The first-order valence-corrected chi connectivity index (χ1v) is 11.9. The van der Waals surface area contributed by atoms with Crippen molar-refractivity contribution in [3.63, 3.8) is 0 Å². The molecule has 2 saturated heterocycles. The highest BCUT2D eigenvalue weighted by atomic mass is 32.2. The minimum Gasteiger partial charge on any atom is -0.354 e. The van der Waals surface area contributed by atoms with Crippen LogP contribution in [-0.2, 0) is 33.2 Å². The molecule has 0 aromatic heterocycles. The topological polar surface area (TPSA) is 109 Å². The minimum absolute atomic E-state index is 0.132. The Labute approximate surface area is 186 Å². The summed E-state index contributed by atoms with van der Waals surface area (Å²) < 4.78 is 52.9. The molecule has 1 N–H and O–H groups in total. The van der Waals surface area contributed by atoms with E-state index in [2.05, 4.69) is 5.32 Å². The van der Waals surface area contributed by atoms with Crippen LogP contribution in [-0.4, -0.2) is 64.9 Å². The number of carbonyl (C=O) groups is 1. The van der Waals surface area contributed by atoms with Crippen molar-refractivity contribution in [1.29, 1.82) is 0 Å². The van der Waals surface area contributed by atoms with Gasteiger partial charge >= 0.3 is 0 Å². The SMILES string of the molecule is CO[C@@H]1O[C@@H]2CO[C@H](c3ccccc3)O[C@H]2[C@@H](OS(C)(=O)=O)[C@@H]1NC(=O)c1ccccc1. The average molecular weight is 464 g/mol. The molecule has 0 aliphatic carbocycles. The lowest BCUT2D eigenvalue weighted by Gasteiger charge is -2.48. The van der Waals surface area contributed by atoms with Crippen molar-refractivity contribution in [3.05, 3.63) is 71.8 Å². The van der Waals surface area contributed by atoms with Crippen LogP contribution in [0.25, 0.3) is 0 Å². The van der Waals surface area contributed by atoms with Gasteiger partial charge in [-0.15, -0.1) is 0 Å². The molecule has 0 spiro atoms. The maximum Gasteiger partial charge on any atom is 0.264 e. The standard InChI is InChI=1S/C22H25NO8S/c1-27-22-17(23-20(24)14-9-5-3-6-10-14)19(31-32(2,25)26)18-16(29-22)13-28-21(30-18)15-11-7-4-8-12-15/h3-12,16-19,21-22H,13H2,1-2H3,(H,23,24)/t16-,17+,18-,19+,21+,22-/m1/s1. The fourth-order valence-electron chi connectivity index (χ4n) is 3.85. The first-order chi connectivity index (χ1) is 15.4. The van der Waals surface area contributed by atoms with Gasteiger partial charge < -0.3 is 24.3 Å². The predicted octanol–water partition coefficient (Wildman–Crippen LogP) is 1.62. The second-order valence-corrected chi connectivity index (χ2v) is 9.19. The van der Waals surface area contributed by atoms with E-state index in [4.69, 9.17) is 23.1 Å². The summed E-state index contributed by atoms with van der Waals surface area (Å²) in [7, 11) is -2.50. The number of rotatable bonds is 6. The lowest BCUT2D eigenvalue weighted by Crippen LogP contribution is -2.67. The summed E-state index contributed by atoms with van der Waals surface area (Å²) in [6, 6.07) is 16.8. The first kappa shape index (κ1) is 22.8. The van der Waals surface area contributed by atoms with Crippen LogP contribution in [0.15, 0.2) is 60.7 Å². The summed E-state index contributed by atoms with van der Waals surface area (Å²) in [6.07, 6.45) is -3.36. The number of nitrogens with one attached hydrogen (secondary N) is 1. The van der Waals surface area contributed by atoms with Gasteiger partial charge in [0.2, 0.25) is 0 Å². The van der Waals surface area contributed by atoms with Gasteiger partial charge in [0, 0.05) is 18.2 Å². The molecule has 9 nitrogen and oxygen atoms in total. The highest BCUT2D eigenvalue weighted by Gasteiger charge is 2.52. The molecule has 2 aromatic rings. The Kier molecular flexibility index (Phi) is 6.89. The van der Waals surface area contributed by atoms with Gasteiger partial charge in [-0.1, -0.05) is 48.5 Å². The van der Waals surface area contributed by atoms with Crippen LogP contribution in [0.1, 0.15) is 22.2 Å². The number of carbonyl (C=O) groups excluding carboxylic acids is 1. The molecular formula is C22H25NO8S. The third kappa shape index (κ3) is 5.17. The zero-order chi connectivity index (χ0) is 22.7. The smallest absolute Gasteiger partial charge is 0.264 e. The van der Waals surface area contributed by atoms with Gasteiger partial charge in [0.15, 0.2) is 12.6 Å². The van der Waals surface area contributed by atoms with Crippen LogP contribution < -0.4 is 5.32 Å². The largest absolute Gasteiger partial charge is 0.354 e. The van der Waals surface area contributed by atoms with Gasteiger partial charge in [0.05, 0.1) is 12.9 Å². The van der Waals surface area contributed by atoms with E-state index in [0.717, 1.165) is 11.8 Å². The zero-order valence-electron chi connectivity index (χ0n) is 17.6. The Morgan fingerprint density at radius 3 is 2.31 bits per heavy atom. The second-order valence-electron chi connectivity index (χ2n) is 7.59. The predicted molar refractivity (Wildman–Crippen MR) is 113 cm³/mol. The number of benzene rings is 2. The monoisotopic (exact) mass is 463 g/mol. The summed E-state index contributed by atoms with van der Waals surface area (Å²) in [5.74, 6) is -0.423. The van der Waals surface area contributed by atoms with Crippen LogP contribution >= 0.6 is 0 Å². The maximum atomic E-state index is 12.8. The molecule has 6 atom stereocenters. The number of fused-ring (bicyclic) bond motifs is 1. The Balaban J connectivity index is 1.63. The molecule has 10 heteroatoms. The Hall–Kier alpha value is -2.34. The fraction of sp³-hybridized carbons (Fsp3) is 0.409. The van der Waals surface area contributed by atoms with Crippen LogP contribution in [0.4, 0.5) is 0 Å². The van der Waals surface area contributed by atoms with Gasteiger partial charge in [0.1, 0.15) is 24.4 Å². The molecule has 2 heterocycles. The zero-order valence-corrected chi connectivity index (χ0v) is 18.4. The van der Waals surface area contributed by atoms with Crippen molar-refractivity contribution in [1.82, 2.24) is 5.32 Å². The third-order valence-corrected chi connectivity index (χ3v) is 5.83. The fourth-order valence-corrected chi connectivity index (χ4v) is 4.48. The van der Waals surface area contributed by atoms with Gasteiger partial charge in [-0.2, -0.15) is 8.42 Å². The molecular weight excluding hydrogens is 438 g/mol. The minimum atomic E-state index is -3.90. The number of amides is 1. The molecule has 32 heavy (non-hydrogen) atoms. The van der Waals surface area contributed by atoms with Crippen molar-refractivity contribution in [2.75, 3.05) is 20.0 Å². The first-order valence-electron chi connectivity index (χ1n) is 10.1. The summed E-state index contributed by atoms with van der Waals surface area (Å²) in [4.78, 5) is 12.8. The molecule has 0 radical (unpaired) electrons. The van der Waals surface area contributed by atoms with E-state index in [1.54, 1.807) is 30.3 Å². The highest BCUT2D eigenvalue weighted by Crippen LogP contribution is 2.36. The van der Waals surface area contributed by atoms with Gasteiger partial charge in [-0.05, 0) is 12.1 Å². The van der Waals surface area contributed by atoms with Gasteiger partial charge in [-0.3, -0.25) is 8.98 Å². The average Bonchev–Trinajstić information content (AvgIpc) is 2.80. The summed E-state index contributed by atoms with van der Waals surface area (Å²) in [5.41, 5.74) is 1.17. The molecule has 4 rings (SSSR count). The highest BCUT2D eigenvalue weighted by molar-refractivity contribution is 7.86. The van der Waals surface area contributed by atoms with Crippen molar-refractivity contribution in [3.8, 4) is 0 Å². The molecule has 2 fully saturated rings. The number of ether oxygens (including phenoxy) is 4. The normalized spacial score (nSPS) is 30.3. The number of methoxy groups -OCH3 is 1. The number of hydrogen-bond donors (Lipinski definition) is 1. The van der Waals surface area contributed by atoms with Crippen LogP contribution in [0.2, 0.25) is 0 Å². The van der Waals surface area contributed by atoms with Crippen LogP contribution in [0, 0.1) is 0 Å². The molecule has 0 bridgehead atoms. The van der Waals surface area contributed by atoms with Crippen LogP contribution in [0.3, 0.4) is 0 Å². The Bertz CT molecular complexity index is 1020. The van der Waals surface area contributed by atoms with E-state index in [-0.39, 0.29) is 6.61 Å². The van der Waals surface area contributed by atoms with E-state index in [0.29, 0.717) is 5.56 Å². The Morgan fingerprint density at radius 1 is 1.03 bits per heavy atom. The molecule has 0 unspecified atom stereocenters. The van der Waals surface area contributed by atoms with Gasteiger partial charge in [-0.25, -0.2) is 0 Å². The van der Waals surface area contributed by atoms with E-state index >= 15 is 0 Å². The summed E-state index contributed by atoms with van der Waals surface area (Å²) >= 11 is 0. The second kappa shape index (κ2) is 9.65. The van der Waals surface area contributed by atoms with Crippen molar-refractivity contribution < 1.29 is 36.3 Å². The van der Waals surface area contributed by atoms with Crippen molar-refractivity contribution in [2.24, 2.45) is 0 Å². The maximum absolute atomic E-state index is 12.8. The lowest BCUT2D eigenvalue weighted by atomic mass is 9.95. The lowest BCUT2D eigenvalue weighted by molar-refractivity contribution is -0.337. The Morgan fingerprint density at radius 2 is 1.69 bits per heavy atom. The van der Waals surface area contributed by atoms with E-state index in [9.17, 15) is 13.2 Å². The molecule has 1 amide bonds. The quantitative estimate of drug-likeness (QED) is 0.644.